The van der Waals surface area contributed by atoms with Crippen molar-refractivity contribution in [3.63, 3.8) is 0 Å². The number of carbonyl (C=O) groups excluding carboxylic acids is 1. The highest BCUT2D eigenvalue weighted by Gasteiger charge is 2.14. The van der Waals surface area contributed by atoms with Crippen LogP contribution < -0.4 is 10.6 Å². The number of benzene rings is 2. The van der Waals surface area contributed by atoms with E-state index in [1.165, 1.54) is 5.56 Å². The molecule has 0 aliphatic carbocycles. The van der Waals surface area contributed by atoms with Crippen molar-refractivity contribution in [3.05, 3.63) is 77.7 Å². The lowest BCUT2D eigenvalue weighted by Gasteiger charge is -2.10. The van der Waals surface area contributed by atoms with Gasteiger partial charge in [-0.2, -0.15) is 10.2 Å². The predicted octanol–water partition coefficient (Wildman–Crippen LogP) is 2.71. The fourth-order valence-corrected chi connectivity index (χ4v) is 3.33. The maximum absolute atomic E-state index is 12.6. The molecule has 0 saturated heterocycles. The van der Waals surface area contributed by atoms with Gasteiger partial charge in [-0.15, -0.1) is 0 Å². The van der Waals surface area contributed by atoms with Gasteiger partial charge >= 0.3 is 0 Å². The topological polar surface area (TPSA) is 90.9 Å². The molecule has 0 unspecified atom stereocenters. The minimum atomic E-state index is -0.261. The normalized spacial score (nSPS) is 11.3. The first-order valence-corrected chi connectivity index (χ1v) is 10.3. The molecular formula is C23H27N7O. The van der Waals surface area contributed by atoms with Gasteiger partial charge in [-0.05, 0) is 31.3 Å². The summed E-state index contributed by atoms with van der Waals surface area (Å²) < 4.78 is 1.81. The predicted molar refractivity (Wildman–Crippen MR) is 122 cm³/mol. The van der Waals surface area contributed by atoms with Gasteiger partial charge in [-0.3, -0.25) is 14.6 Å². The van der Waals surface area contributed by atoms with E-state index in [-0.39, 0.29) is 5.91 Å². The van der Waals surface area contributed by atoms with Crippen molar-refractivity contribution >= 4 is 22.5 Å². The molecular weight excluding hydrogens is 390 g/mol. The third kappa shape index (κ3) is 5.36. The highest BCUT2D eigenvalue weighted by Crippen LogP contribution is 2.17. The van der Waals surface area contributed by atoms with Gasteiger partial charge in [0.2, 0.25) is 0 Å². The molecule has 0 atom stereocenters. The van der Waals surface area contributed by atoms with Crippen molar-refractivity contribution in [2.75, 3.05) is 32.5 Å². The number of hydrogen-bond acceptors (Lipinski definition) is 5. The highest BCUT2D eigenvalue weighted by atomic mass is 16.2. The number of anilines is 1. The molecule has 8 heteroatoms. The fraction of sp³-hybridized carbons (Fsp3) is 0.261. The molecule has 0 spiro atoms. The van der Waals surface area contributed by atoms with Gasteiger partial charge in [0, 0.05) is 31.2 Å². The standard InChI is InChI=1S/C23H27N7O/c1-29(2)12-11-24-13-17-7-9-18(10-8-17)15-30-16-19(14-25-30)26-23(31)22-20-5-3-4-6-21(20)27-28-22/h3-10,14,16,24H,11-13,15H2,1-2H3,(H,26,31)(H,27,28). The zero-order valence-corrected chi connectivity index (χ0v) is 17.8. The van der Waals surface area contributed by atoms with E-state index in [1.54, 1.807) is 6.20 Å². The van der Waals surface area contributed by atoms with E-state index < -0.39 is 0 Å². The molecule has 0 fully saturated rings. The van der Waals surface area contributed by atoms with Crippen LogP contribution in [0.1, 0.15) is 21.6 Å². The van der Waals surface area contributed by atoms with Gasteiger partial charge in [-0.1, -0.05) is 42.5 Å². The number of nitrogens with zero attached hydrogens (tertiary/aromatic N) is 4. The summed E-state index contributed by atoms with van der Waals surface area (Å²) in [5.74, 6) is -0.261. The number of para-hydroxylation sites is 1. The summed E-state index contributed by atoms with van der Waals surface area (Å²) in [5.41, 5.74) is 4.25. The molecule has 2 aromatic carbocycles. The third-order valence-corrected chi connectivity index (χ3v) is 5.01. The lowest BCUT2D eigenvalue weighted by atomic mass is 10.1. The SMILES string of the molecule is CN(C)CCNCc1ccc(Cn2cc(NC(=O)c3n[nH]c4ccccc34)cn2)cc1. The van der Waals surface area contributed by atoms with Crippen molar-refractivity contribution in [2.24, 2.45) is 0 Å². The molecule has 160 valence electrons. The van der Waals surface area contributed by atoms with Gasteiger partial charge in [0.1, 0.15) is 0 Å². The van der Waals surface area contributed by atoms with E-state index in [2.05, 4.69) is 69.2 Å². The minimum Gasteiger partial charge on any atom is -0.318 e. The number of carbonyl (C=O) groups is 1. The summed E-state index contributed by atoms with van der Waals surface area (Å²) in [6.07, 6.45) is 3.47. The van der Waals surface area contributed by atoms with Crippen LogP contribution in [0.15, 0.2) is 60.9 Å². The minimum absolute atomic E-state index is 0.261. The van der Waals surface area contributed by atoms with E-state index in [9.17, 15) is 4.79 Å². The van der Waals surface area contributed by atoms with E-state index in [1.807, 2.05) is 35.1 Å². The monoisotopic (exact) mass is 417 g/mol. The van der Waals surface area contributed by atoms with Crippen molar-refractivity contribution < 1.29 is 4.79 Å². The summed E-state index contributed by atoms with van der Waals surface area (Å²) in [6, 6.07) is 16.0. The summed E-state index contributed by atoms with van der Waals surface area (Å²) in [5, 5.41) is 18.5. The number of nitrogens with one attached hydrogen (secondary N) is 3. The number of amides is 1. The fourth-order valence-electron chi connectivity index (χ4n) is 3.33. The number of aromatic nitrogens is 4. The Morgan fingerprint density at radius 2 is 1.87 bits per heavy atom. The third-order valence-electron chi connectivity index (χ3n) is 5.01. The molecule has 0 bridgehead atoms. The molecule has 1 amide bonds. The molecule has 0 radical (unpaired) electrons. The Bertz CT molecular complexity index is 1140. The molecule has 2 heterocycles. The van der Waals surface area contributed by atoms with Crippen LogP contribution in [-0.4, -0.2) is 58.0 Å². The Morgan fingerprint density at radius 3 is 2.68 bits per heavy atom. The van der Waals surface area contributed by atoms with Crippen LogP contribution in [0, 0.1) is 0 Å². The average molecular weight is 418 g/mol. The summed E-state index contributed by atoms with van der Waals surface area (Å²) >= 11 is 0. The van der Waals surface area contributed by atoms with Gasteiger partial charge in [0.15, 0.2) is 5.69 Å². The van der Waals surface area contributed by atoms with Crippen molar-refractivity contribution in [3.8, 4) is 0 Å². The van der Waals surface area contributed by atoms with Gasteiger partial charge in [0.25, 0.3) is 5.91 Å². The van der Waals surface area contributed by atoms with E-state index in [0.29, 0.717) is 17.9 Å². The number of H-pyrrole nitrogens is 1. The summed E-state index contributed by atoms with van der Waals surface area (Å²) in [7, 11) is 4.14. The molecule has 3 N–H and O–H groups in total. The second-order valence-electron chi connectivity index (χ2n) is 7.80. The molecule has 31 heavy (non-hydrogen) atoms. The molecule has 4 aromatic rings. The number of hydrogen-bond donors (Lipinski definition) is 3. The largest absolute Gasteiger partial charge is 0.318 e. The van der Waals surface area contributed by atoms with Crippen LogP contribution in [0.4, 0.5) is 5.69 Å². The van der Waals surface area contributed by atoms with Crippen LogP contribution in [-0.2, 0) is 13.1 Å². The Labute approximate surface area is 181 Å². The summed E-state index contributed by atoms with van der Waals surface area (Å²) in [4.78, 5) is 14.8. The van der Waals surface area contributed by atoms with Crippen molar-refractivity contribution in [2.45, 2.75) is 13.1 Å². The maximum atomic E-state index is 12.6. The Hall–Kier alpha value is -3.49. The van der Waals surface area contributed by atoms with Gasteiger partial charge in [0.05, 0.1) is 23.9 Å². The van der Waals surface area contributed by atoms with Crippen LogP contribution in [0.5, 0.6) is 0 Å². The smallest absolute Gasteiger partial charge is 0.276 e. The van der Waals surface area contributed by atoms with E-state index in [0.717, 1.165) is 36.1 Å². The average Bonchev–Trinajstić information content (AvgIpc) is 3.39. The number of aromatic amines is 1. The molecule has 0 aliphatic rings. The first-order chi connectivity index (χ1) is 15.1. The molecule has 8 nitrogen and oxygen atoms in total. The first-order valence-electron chi connectivity index (χ1n) is 10.3. The van der Waals surface area contributed by atoms with Crippen molar-refractivity contribution in [1.82, 2.24) is 30.2 Å². The zero-order valence-electron chi connectivity index (χ0n) is 17.8. The van der Waals surface area contributed by atoms with E-state index in [4.69, 9.17) is 0 Å². The summed E-state index contributed by atoms with van der Waals surface area (Å²) in [6.45, 7) is 3.47. The Morgan fingerprint density at radius 1 is 1.10 bits per heavy atom. The second kappa shape index (κ2) is 9.55. The first kappa shape index (κ1) is 20.8. The van der Waals surface area contributed by atoms with E-state index >= 15 is 0 Å². The lowest BCUT2D eigenvalue weighted by Crippen LogP contribution is -2.26. The number of fused-ring (bicyclic) bond motifs is 1. The van der Waals surface area contributed by atoms with Crippen LogP contribution in [0.3, 0.4) is 0 Å². The zero-order chi connectivity index (χ0) is 21.6. The van der Waals surface area contributed by atoms with Crippen molar-refractivity contribution in [1.29, 1.82) is 0 Å². The lowest BCUT2D eigenvalue weighted by molar-refractivity contribution is 0.102. The van der Waals surface area contributed by atoms with Crippen LogP contribution in [0.25, 0.3) is 10.9 Å². The van der Waals surface area contributed by atoms with Gasteiger partial charge < -0.3 is 15.5 Å². The number of rotatable bonds is 9. The quantitative estimate of drug-likeness (QED) is 0.364. The van der Waals surface area contributed by atoms with Crippen LogP contribution >= 0.6 is 0 Å². The Balaban J connectivity index is 1.32. The van der Waals surface area contributed by atoms with Gasteiger partial charge in [-0.25, -0.2) is 0 Å². The molecule has 0 aliphatic heterocycles. The van der Waals surface area contributed by atoms with Crippen LogP contribution in [0.2, 0.25) is 0 Å². The highest BCUT2D eigenvalue weighted by molar-refractivity contribution is 6.10. The molecule has 4 rings (SSSR count). The molecule has 0 saturated carbocycles. The molecule has 2 aromatic heterocycles. The second-order valence-corrected chi connectivity index (χ2v) is 7.80. The Kier molecular flexibility index (Phi) is 6.40. The number of likely N-dealkylation sites (N-methyl/N-ethyl adjacent to an activating group) is 1. The maximum Gasteiger partial charge on any atom is 0.276 e.